The molecule has 5 heteroatoms. The summed E-state index contributed by atoms with van der Waals surface area (Å²) in [4.78, 5) is 12.8. The highest BCUT2D eigenvalue weighted by atomic mass is 16.6. The zero-order valence-electron chi connectivity index (χ0n) is 10.1. The van der Waals surface area contributed by atoms with Gasteiger partial charge in [-0.2, -0.15) is 0 Å². The van der Waals surface area contributed by atoms with E-state index in [1.807, 2.05) is 13.0 Å². The Balaban J connectivity index is 2.35. The number of nitrogens with zero attached hydrogens (tertiary/aromatic N) is 2. The second-order valence-corrected chi connectivity index (χ2v) is 4.55. The second-order valence-electron chi connectivity index (χ2n) is 4.55. The van der Waals surface area contributed by atoms with Crippen molar-refractivity contribution < 1.29 is 4.92 Å². The average molecular weight is 235 g/mol. The summed E-state index contributed by atoms with van der Waals surface area (Å²) in [5, 5.41) is 14.4. The first-order valence-electron chi connectivity index (χ1n) is 5.81. The first-order chi connectivity index (χ1) is 8.08. The highest BCUT2D eigenvalue weighted by Crippen LogP contribution is 2.29. The molecule has 1 heterocycles. The van der Waals surface area contributed by atoms with Crippen LogP contribution in [0.3, 0.4) is 0 Å². The monoisotopic (exact) mass is 235 g/mol. The molecule has 92 valence electrons. The lowest BCUT2D eigenvalue weighted by Gasteiger charge is -2.33. The Bertz CT molecular complexity index is 434. The van der Waals surface area contributed by atoms with Crippen LogP contribution in [0.5, 0.6) is 0 Å². The third-order valence-electron chi connectivity index (χ3n) is 3.04. The van der Waals surface area contributed by atoms with Crippen LogP contribution in [0.2, 0.25) is 0 Å². The number of rotatable bonds is 2. The van der Waals surface area contributed by atoms with Crippen LogP contribution in [0.25, 0.3) is 0 Å². The largest absolute Gasteiger partial charge is 0.363 e. The fourth-order valence-electron chi connectivity index (χ4n) is 2.19. The summed E-state index contributed by atoms with van der Waals surface area (Å²) in [6.45, 7) is 6.54. The zero-order valence-corrected chi connectivity index (χ0v) is 10.1. The standard InChI is InChI=1S/C12H17N3O2/c1-9-3-4-11(15(16)17)12(7-9)14-6-5-13-10(2)8-14/h3-4,7,10,13H,5-6,8H2,1-2H3. The number of hydrogen-bond donors (Lipinski definition) is 1. The molecule has 1 fully saturated rings. The van der Waals surface area contributed by atoms with Crippen molar-refractivity contribution in [3.63, 3.8) is 0 Å². The molecule has 2 rings (SSSR count). The van der Waals surface area contributed by atoms with E-state index in [2.05, 4.69) is 17.1 Å². The normalized spacial score (nSPS) is 20.4. The summed E-state index contributed by atoms with van der Waals surface area (Å²) >= 11 is 0. The molecule has 1 aliphatic heterocycles. The number of nitro groups is 1. The molecule has 5 nitrogen and oxygen atoms in total. The van der Waals surface area contributed by atoms with E-state index >= 15 is 0 Å². The van der Waals surface area contributed by atoms with Crippen LogP contribution in [-0.2, 0) is 0 Å². The smallest absolute Gasteiger partial charge is 0.292 e. The summed E-state index contributed by atoms with van der Waals surface area (Å²) in [6, 6.07) is 5.64. The van der Waals surface area contributed by atoms with Crippen molar-refractivity contribution in [2.45, 2.75) is 19.9 Å². The molecular weight excluding hydrogens is 218 g/mol. The third kappa shape index (κ3) is 2.55. The zero-order chi connectivity index (χ0) is 12.4. The van der Waals surface area contributed by atoms with Gasteiger partial charge in [0.15, 0.2) is 0 Å². The van der Waals surface area contributed by atoms with Gasteiger partial charge in [0.1, 0.15) is 5.69 Å². The van der Waals surface area contributed by atoms with Crippen LogP contribution in [0.15, 0.2) is 18.2 Å². The topological polar surface area (TPSA) is 58.4 Å². The van der Waals surface area contributed by atoms with Gasteiger partial charge in [0.25, 0.3) is 5.69 Å². The van der Waals surface area contributed by atoms with E-state index in [9.17, 15) is 10.1 Å². The van der Waals surface area contributed by atoms with Crippen LogP contribution in [0, 0.1) is 17.0 Å². The minimum Gasteiger partial charge on any atom is -0.363 e. The van der Waals surface area contributed by atoms with Gasteiger partial charge in [-0.25, -0.2) is 0 Å². The molecule has 0 saturated carbocycles. The molecule has 0 radical (unpaired) electrons. The van der Waals surface area contributed by atoms with E-state index in [4.69, 9.17) is 0 Å². The Labute approximate surface area is 101 Å². The molecule has 1 N–H and O–H groups in total. The molecular formula is C12H17N3O2. The van der Waals surface area contributed by atoms with Crippen molar-refractivity contribution in [2.24, 2.45) is 0 Å². The van der Waals surface area contributed by atoms with E-state index in [-0.39, 0.29) is 10.6 Å². The highest BCUT2D eigenvalue weighted by molar-refractivity contribution is 5.64. The minimum atomic E-state index is -0.304. The molecule has 0 bridgehead atoms. The van der Waals surface area contributed by atoms with Crippen LogP contribution >= 0.6 is 0 Å². The number of piperazine rings is 1. The highest BCUT2D eigenvalue weighted by Gasteiger charge is 2.23. The van der Waals surface area contributed by atoms with Crippen molar-refractivity contribution in [3.8, 4) is 0 Å². The van der Waals surface area contributed by atoms with Gasteiger partial charge in [0.05, 0.1) is 4.92 Å². The Morgan fingerprint density at radius 2 is 2.29 bits per heavy atom. The predicted molar refractivity (Wildman–Crippen MR) is 67.5 cm³/mol. The van der Waals surface area contributed by atoms with Gasteiger partial charge < -0.3 is 10.2 Å². The summed E-state index contributed by atoms with van der Waals surface area (Å²) < 4.78 is 0. The van der Waals surface area contributed by atoms with E-state index < -0.39 is 0 Å². The lowest BCUT2D eigenvalue weighted by Crippen LogP contribution is -2.49. The lowest BCUT2D eigenvalue weighted by molar-refractivity contribution is -0.384. The van der Waals surface area contributed by atoms with Gasteiger partial charge in [-0.1, -0.05) is 6.07 Å². The van der Waals surface area contributed by atoms with Crippen molar-refractivity contribution in [1.82, 2.24) is 5.32 Å². The van der Waals surface area contributed by atoms with Crippen LogP contribution in [0.4, 0.5) is 11.4 Å². The van der Waals surface area contributed by atoms with Crippen LogP contribution < -0.4 is 10.2 Å². The molecule has 0 aromatic heterocycles. The maximum absolute atomic E-state index is 11.0. The van der Waals surface area contributed by atoms with Crippen molar-refractivity contribution in [3.05, 3.63) is 33.9 Å². The Hall–Kier alpha value is -1.62. The Morgan fingerprint density at radius 1 is 1.53 bits per heavy atom. The number of nitro benzene ring substituents is 1. The Morgan fingerprint density at radius 3 is 2.94 bits per heavy atom. The summed E-state index contributed by atoms with van der Waals surface area (Å²) in [6.07, 6.45) is 0. The average Bonchev–Trinajstić information content (AvgIpc) is 2.28. The molecule has 17 heavy (non-hydrogen) atoms. The molecule has 1 unspecified atom stereocenters. The van der Waals surface area contributed by atoms with Gasteiger partial charge in [0.2, 0.25) is 0 Å². The molecule has 0 aliphatic carbocycles. The molecule has 1 aromatic carbocycles. The van der Waals surface area contributed by atoms with Gasteiger partial charge in [-0.3, -0.25) is 10.1 Å². The van der Waals surface area contributed by atoms with Crippen molar-refractivity contribution in [2.75, 3.05) is 24.5 Å². The van der Waals surface area contributed by atoms with Gasteiger partial charge in [-0.05, 0) is 25.5 Å². The molecule has 1 saturated heterocycles. The maximum Gasteiger partial charge on any atom is 0.292 e. The number of hydrogen-bond acceptors (Lipinski definition) is 4. The van der Waals surface area contributed by atoms with Gasteiger partial charge in [-0.15, -0.1) is 0 Å². The summed E-state index contributed by atoms with van der Waals surface area (Å²) in [7, 11) is 0. The van der Waals surface area contributed by atoms with Gasteiger partial charge >= 0.3 is 0 Å². The summed E-state index contributed by atoms with van der Waals surface area (Å²) in [5.41, 5.74) is 1.99. The number of anilines is 1. The van der Waals surface area contributed by atoms with E-state index in [0.717, 1.165) is 30.9 Å². The SMILES string of the molecule is Cc1ccc([N+](=O)[O-])c(N2CCNC(C)C2)c1. The van der Waals surface area contributed by atoms with E-state index in [1.54, 1.807) is 12.1 Å². The fourth-order valence-corrected chi connectivity index (χ4v) is 2.19. The van der Waals surface area contributed by atoms with E-state index in [1.165, 1.54) is 0 Å². The molecule has 0 spiro atoms. The lowest BCUT2D eigenvalue weighted by atomic mass is 10.1. The maximum atomic E-state index is 11.0. The van der Waals surface area contributed by atoms with E-state index in [0.29, 0.717) is 6.04 Å². The molecule has 1 atom stereocenters. The van der Waals surface area contributed by atoms with Crippen molar-refractivity contribution >= 4 is 11.4 Å². The number of benzene rings is 1. The summed E-state index contributed by atoms with van der Waals surface area (Å²) in [5.74, 6) is 0. The van der Waals surface area contributed by atoms with Crippen molar-refractivity contribution in [1.29, 1.82) is 0 Å². The molecule has 1 aliphatic rings. The van der Waals surface area contributed by atoms with Crippen LogP contribution in [0.1, 0.15) is 12.5 Å². The first kappa shape index (κ1) is 11.9. The fraction of sp³-hybridized carbons (Fsp3) is 0.500. The second kappa shape index (κ2) is 4.71. The van der Waals surface area contributed by atoms with Gasteiger partial charge in [0, 0.05) is 31.7 Å². The van der Waals surface area contributed by atoms with Crippen LogP contribution in [-0.4, -0.2) is 30.6 Å². The number of nitrogens with one attached hydrogen (secondary N) is 1. The predicted octanol–water partition coefficient (Wildman–Crippen LogP) is 1.70. The minimum absolute atomic E-state index is 0.199. The number of aryl methyl sites for hydroxylation is 1. The quantitative estimate of drug-likeness (QED) is 0.626. The third-order valence-corrected chi connectivity index (χ3v) is 3.04. The molecule has 1 aromatic rings. The Kier molecular flexibility index (Phi) is 3.28. The molecule has 0 amide bonds. The first-order valence-corrected chi connectivity index (χ1v) is 5.81.